The molecule has 0 saturated carbocycles. The van der Waals surface area contributed by atoms with Crippen LogP contribution in [0.4, 0.5) is 38.9 Å². The Labute approximate surface area is 227 Å². The number of ether oxygens (including phenoxy) is 2. The Morgan fingerprint density at radius 1 is 0.650 bits per heavy atom. The van der Waals surface area contributed by atoms with E-state index >= 15 is 0 Å². The van der Waals surface area contributed by atoms with Crippen LogP contribution in [0.5, 0.6) is 23.0 Å². The lowest BCUT2D eigenvalue weighted by Gasteiger charge is -2.32. The molecule has 13 heteroatoms. The van der Waals surface area contributed by atoms with Gasteiger partial charge in [-0.25, -0.2) is 4.79 Å². The number of carbonyl (C=O) groups is 1. The van der Waals surface area contributed by atoms with Gasteiger partial charge in [-0.1, -0.05) is 24.3 Å². The molecule has 0 fully saturated rings. The van der Waals surface area contributed by atoms with E-state index < -0.39 is 38.8 Å². The van der Waals surface area contributed by atoms with Gasteiger partial charge < -0.3 is 19.7 Å². The molecule has 2 N–H and O–H groups in total. The van der Waals surface area contributed by atoms with Crippen molar-refractivity contribution < 1.29 is 34.3 Å². The van der Waals surface area contributed by atoms with Crippen LogP contribution >= 0.6 is 0 Å². The van der Waals surface area contributed by atoms with Gasteiger partial charge in [-0.15, -0.1) is 0 Å². The third kappa shape index (κ3) is 5.11. The van der Waals surface area contributed by atoms with Crippen molar-refractivity contribution in [3.05, 3.63) is 105 Å². The molecular weight excluding hydrogens is 524 g/mol. The highest BCUT2D eigenvalue weighted by Gasteiger charge is 2.34. The minimum atomic E-state index is -0.901. The molecule has 0 aliphatic heterocycles. The zero-order chi connectivity index (χ0) is 29.0. The smallest absolute Gasteiger partial charge is 0.338 e. The molecule has 4 aromatic rings. The Morgan fingerprint density at radius 3 is 1.38 bits per heavy atom. The van der Waals surface area contributed by atoms with E-state index in [1.807, 2.05) is 0 Å². The maximum Gasteiger partial charge on any atom is 0.338 e. The Balaban J connectivity index is 2.02. The third-order valence-electron chi connectivity index (χ3n) is 5.86. The summed E-state index contributed by atoms with van der Waals surface area (Å²) in [6.07, 6.45) is 0. The van der Waals surface area contributed by atoms with Crippen LogP contribution in [-0.2, 0) is 0 Å². The second kappa shape index (κ2) is 11.3. The van der Waals surface area contributed by atoms with Crippen molar-refractivity contribution >= 4 is 40.2 Å². The number of para-hydroxylation sites is 4. The number of phenolic OH excluding ortho intramolecular Hbond substituents is 2. The van der Waals surface area contributed by atoms with Gasteiger partial charge in [0.1, 0.15) is 23.0 Å². The molecule has 0 aromatic heterocycles. The molecule has 0 unspecified atom stereocenters. The Bertz CT molecular complexity index is 1500. The van der Waals surface area contributed by atoms with Gasteiger partial charge in [0.2, 0.25) is 0 Å². The predicted octanol–water partition coefficient (Wildman–Crippen LogP) is 6.03. The van der Waals surface area contributed by atoms with Gasteiger partial charge in [0.15, 0.2) is 0 Å². The van der Waals surface area contributed by atoms with E-state index in [0.29, 0.717) is 0 Å². The average molecular weight is 546 g/mol. The molecule has 0 atom stereocenters. The van der Waals surface area contributed by atoms with Crippen molar-refractivity contribution in [2.45, 2.75) is 0 Å². The van der Waals surface area contributed by atoms with E-state index in [0.717, 1.165) is 41.3 Å². The molecule has 204 valence electrons. The first-order valence-electron chi connectivity index (χ1n) is 11.5. The zero-order valence-corrected chi connectivity index (χ0v) is 21.1. The molecule has 0 spiro atoms. The second-order valence-electron chi connectivity index (χ2n) is 8.16. The van der Waals surface area contributed by atoms with E-state index in [9.17, 15) is 35.2 Å². The lowest BCUT2D eigenvalue weighted by Crippen LogP contribution is -2.38. The summed E-state index contributed by atoms with van der Waals surface area (Å²) >= 11 is 0. The van der Waals surface area contributed by atoms with Crippen molar-refractivity contribution in [3.63, 3.8) is 0 Å². The average Bonchev–Trinajstić information content (AvgIpc) is 2.95. The van der Waals surface area contributed by atoms with Crippen molar-refractivity contribution in [2.24, 2.45) is 0 Å². The minimum Gasteiger partial charge on any atom is -0.505 e. The summed E-state index contributed by atoms with van der Waals surface area (Å²) in [4.78, 5) is 37.8. The second-order valence-corrected chi connectivity index (χ2v) is 8.16. The number of aromatic hydroxyl groups is 2. The summed E-state index contributed by atoms with van der Waals surface area (Å²) in [6.45, 7) is 0. The number of nitro groups is 2. The van der Waals surface area contributed by atoms with Crippen LogP contribution < -0.4 is 19.3 Å². The van der Waals surface area contributed by atoms with E-state index in [1.165, 1.54) is 19.1 Å². The maximum atomic E-state index is 14.6. The van der Waals surface area contributed by atoms with Gasteiger partial charge in [0.25, 0.3) is 11.4 Å². The molecule has 0 saturated heterocycles. The number of hydrogen-bond donors (Lipinski definition) is 2. The Hall–Kier alpha value is -5.85. The standard InChI is InChI=1S/C27H22N4O9/c1-39-25-9-5-3-7-21(25)29(22-8-4-6-10-26(22)40-2)27(34)28(19-13-11-17(30(35)36)15-23(19)32)20-14-12-18(31(37)38)16-24(20)33/h3-16,32-33H,1-2H3. The summed E-state index contributed by atoms with van der Waals surface area (Å²) in [5.41, 5.74) is -0.926. The largest absolute Gasteiger partial charge is 0.505 e. The molecule has 0 aliphatic rings. The molecule has 40 heavy (non-hydrogen) atoms. The SMILES string of the molecule is COc1ccccc1N(C(=O)N(c1ccc([N+](=O)[O-])cc1O)c1ccc([N+](=O)[O-])cc1O)c1ccccc1OC. The number of non-ortho nitro benzene ring substituents is 2. The number of urea groups is 1. The Kier molecular flexibility index (Phi) is 7.66. The van der Waals surface area contributed by atoms with E-state index in [2.05, 4.69) is 0 Å². The third-order valence-corrected chi connectivity index (χ3v) is 5.86. The van der Waals surface area contributed by atoms with Crippen molar-refractivity contribution in [1.29, 1.82) is 0 Å². The topological polar surface area (TPSA) is 169 Å². The molecule has 4 rings (SSSR count). The number of hydrogen-bond acceptors (Lipinski definition) is 9. The summed E-state index contributed by atoms with van der Waals surface area (Å²) < 4.78 is 11.0. The lowest BCUT2D eigenvalue weighted by atomic mass is 10.1. The highest BCUT2D eigenvalue weighted by molar-refractivity contribution is 6.15. The van der Waals surface area contributed by atoms with Crippen LogP contribution in [0, 0.1) is 20.2 Å². The van der Waals surface area contributed by atoms with Crippen molar-refractivity contribution in [1.82, 2.24) is 0 Å². The lowest BCUT2D eigenvalue weighted by molar-refractivity contribution is -0.385. The number of anilines is 4. The van der Waals surface area contributed by atoms with Crippen LogP contribution in [0.15, 0.2) is 84.9 Å². The van der Waals surface area contributed by atoms with E-state index in [-0.39, 0.29) is 34.2 Å². The first kappa shape index (κ1) is 27.2. The number of benzene rings is 4. The predicted molar refractivity (Wildman–Crippen MR) is 145 cm³/mol. The van der Waals surface area contributed by atoms with Gasteiger partial charge in [0.05, 0.1) is 58.9 Å². The monoisotopic (exact) mass is 546 g/mol. The molecule has 4 aromatic carbocycles. The first-order chi connectivity index (χ1) is 19.2. The fourth-order valence-corrected chi connectivity index (χ4v) is 4.03. The number of rotatable bonds is 8. The quantitative estimate of drug-likeness (QED) is 0.198. The van der Waals surface area contributed by atoms with Crippen LogP contribution in [-0.4, -0.2) is 40.3 Å². The number of nitrogens with zero attached hydrogens (tertiary/aromatic N) is 4. The molecule has 0 heterocycles. The van der Waals surface area contributed by atoms with E-state index in [1.54, 1.807) is 48.5 Å². The van der Waals surface area contributed by atoms with Crippen LogP contribution in [0.2, 0.25) is 0 Å². The van der Waals surface area contributed by atoms with Crippen molar-refractivity contribution in [2.75, 3.05) is 24.0 Å². The van der Waals surface area contributed by atoms with Crippen molar-refractivity contribution in [3.8, 4) is 23.0 Å². The first-order valence-corrected chi connectivity index (χ1v) is 11.5. The van der Waals surface area contributed by atoms with Gasteiger partial charge >= 0.3 is 6.03 Å². The van der Waals surface area contributed by atoms with Crippen LogP contribution in [0.3, 0.4) is 0 Å². The number of carbonyl (C=O) groups excluding carboxylic acids is 1. The van der Waals surface area contributed by atoms with Gasteiger partial charge in [-0.05, 0) is 36.4 Å². The molecule has 0 aliphatic carbocycles. The molecule has 2 amide bonds. The zero-order valence-electron chi connectivity index (χ0n) is 21.1. The fourth-order valence-electron chi connectivity index (χ4n) is 4.03. The summed E-state index contributed by atoms with van der Waals surface area (Å²) in [7, 11) is 2.82. The van der Waals surface area contributed by atoms with E-state index in [4.69, 9.17) is 9.47 Å². The number of nitro benzene ring substituents is 2. The van der Waals surface area contributed by atoms with Gasteiger partial charge in [-0.2, -0.15) is 0 Å². The fraction of sp³-hybridized carbons (Fsp3) is 0.0741. The summed E-state index contributed by atoms with van der Waals surface area (Å²) in [5, 5.41) is 44.2. The molecule has 0 bridgehead atoms. The summed E-state index contributed by atoms with van der Waals surface area (Å²) in [5.74, 6) is -0.772. The summed E-state index contributed by atoms with van der Waals surface area (Å²) in [6, 6.07) is 18.3. The Morgan fingerprint density at radius 2 is 1.02 bits per heavy atom. The van der Waals surface area contributed by atoms with Gasteiger partial charge in [0, 0.05) is 12.1 Å². The van der Waals surface area contributed by atoms with Crippen LogP contribution in [0.25, 0.3) is 0 Å². The highest BCUT2D eigenvalue weighted by atomic mass is 16.6. The normalized spacial score (nSPS) is 10.4. The number of amides is 2. The molecule has 13 nitrogen and oxygen atoms in total. The number of phenols is 2. The maximum absolute atomic E-state index is 14.6. The van der Waals surface area contributed by atoms with Gasteiger partial charge in [-0.3, -0.25) is 30.0 Å². The number of methoxy groups -OCH3 is 2. The molecule has 0 radical (unpaired) electrons. The highest BCUT2D eigenvalue weighted by Crippen LogP contribution is 2.45. The van der Waals surface area contributed by atoms with Crippen LogP contribution in [0.1, 0.15) is 0 Å². The molecular formula is C27H22N4O9. The minimum absolute atomic E-state index is 0.243.